The summed E-state index contributed by atoms with van der Waals surface area (Å²) < 4.78 is 11.3. The average Bonchev–Trinajstić information content (AvgIpc) is 3.69. The monoisotopic (exact) mass is 548 g/mol. The Bertz CT molecular complexity index is 2720. The van der Waals surface area contributed by atoms with Crippen molar-refractivity contribution in [3.05, 3.63) is 146 Å². The molecule has 3 heterocycles. The summed E-state index contributed by atoms with van der Waals surface area (Å²) in [5.74, 6) is 0. The van der Waals surface area contributed by atoms with E-state index >= 15 is 0 Å². The number of para-hydroxylation sites is 3. The van der Waals surface area contributed by atoms with Crippen LogP contribution in [-0.4, -0.2) is 9.13 Å². The molecular weight excluding hydrogens is 524 g/mol. The maximum Gasteiger partial charge on any atom is 0.137 e. The van der Waals surface area contributed by atoms with Gasteiger partial charge in [-0.1, -0.05) is 78.9 Å². The van der Waals surface area contributed by atoms with E-state index < -0.39 is 0 Å². The molecule has 0 aliphatic heterocycles. The first kappa shape index (κ1) is 22.8. The number of rotatable bonds is 2. The summed E-state index contributed by atoms with van der Waals surface area (Å²) in [6.07, 6.45) is 0. The molecule has 0 amide bonds. The lowest BCUT2D eigenvalue weighted by molar-refractivity contribution is 0.670. The van der Waals surface area contributed by atoms with Gasteiger partial charge in [0.2, 0.25) is 0 Å². The molecule has 0 aliphatic rings. The number of furan rings is 1. The largest absolute Gasteiger partial charge is 0.456 e. The topological polar surface area (TPSA) is 23.0 Å². The van der Waals surface area contributed by atoms with Crippen molar-refractivity contribution in [1.82, 2.24) is 9.13 Å². The van der Waals surface area contributed by atoms with Gasteiger partial charge in [-0.3, -0.25) is 0 Å². The van der Waals surface area contributed by atoms with Gasteiger partial charge in [0.15, 0.2) is 0 Å². The third kappa shape index (κ3) is 3.14. The van der Waals surface area contributed by atoms with Crippen LogP contribution in [0, 0.1) is 0 Å². The lowest BCUT2D eigenvalue weighted by Crippen LogP contribution is -1.95. The number of fused-ring (bicyclic) bond motifs is 10. The van der Waals surface area contributed by atoms with Crippen LogP contribution in [0.15, 0.2) is 150 Å². The van der Waals surface area contributed by atoms with Crippen LogP contribution in [0.5, 0.6) is 0 Å². The smallest absolute Gasteiger partial charge is 0.137 e. The van der Waals surface area contributed by atoms with Gasteiger partial charge < -0.3 is 13.6 Å². The van der Waals surface area contributed by atoms with Crippen LogP contribution in [0.25, 0.3) is 87.7 Å². The molecule has 0 radical (unpaired) electrons. The van der Waals surface area contributed by atoms with Crippen molar-refractivity contribution >= 4 is 76.3 Å². The van der Waals surface area contributed by atoms with Crippen molar-refractivity contribution in [2.24, 2.45) is 0 Å². The van der Waals surface area contributed by atoms with Gasteiger partial charge in [0.05, 0.1) is 22.1 Å². The highest BCUT2D eigenvalue weighted by Gasteiger charge is 2.18. The van der Waals surface area contributed by atoms with Crippen molar-refractivity contribution in [1.29, 1.82) is 0 Å². The molecule has 10 rings (SSSR count). The molecule has 0 aliphatic carbocycles. The molecular formula is C40H24N2O. The molecule has 0 N–H and O–H groups in total. The highest BCUT2D eigenvalue weighted by atomic mass is 16.3. The quantitative estimate of drug-likeness (QED) is 0.211. The second-order valence-corrected chi connectivity index (χ2v) is 11.4. The van der Waals surface area contributed by atoms with Crippen molar-refractivity contribution in [3.63, 3.8) is 0 Å². The molecule has 43 heavy (non-hydrogen) atoms. The molecule has 0 unspecified atom stereocenters. The Labute approximate surface area is 246 Å². The van der Waals surface area contributed by atoms with Gasteiger partial charge in [0.25, 0.3) is 0 Å². The standard InChI is InChI=1S/C40H24N2O/c1-2-12-27(13-3-1)41-35-16-8-6-14-29(35)31-22-28(18-19-37(31)41)42-36-17-9-7-15-30(36)32-23-34-33-20-25-10-4-5-11-26(25)21-39(33)43-40(34)24-38(32)42/h1-24H. The predicted molar refractivity (Wildman–Crippen MR) is 180 cm³/mol. The molecule has 0 saturated carbocycles. The maximum absolute atomic E-state index is 6.52. The van der Waals surface area contributed by atoms with Gasteiger partial charge in [-0.05, 0) is 71.4 Å². The predicted octanol–water partition coefficient (Wildman–Crippen LogP) is 10.9. The second-order valence-electron chi connectivity index (χ2n) is 11.4. The van der Waals surface area contributed by atoms with E-state index in [2.05, 4.69) is 155 Å². The van der Waals surface area contributed by atoms with E-state index in [1.54, 1.807) is 0 Å². The van der Waals surface area contributed by atoms with Crippen LogP contribution < -0.4 is 0 Å². The maximum atomic E-state index is 6.52. The summed E-state index contributed by atoms with van der Waals surface area (Å²) in [5, 5.41) is 9.67. The van der Waals surface area contributed by atoms with Gasteiger partial charge in [-0.15, -0.1) is 0 Å². The first-order valence-corrected chi connectivity index (χ1v) is 14.7. The second kappa shape index (κ2) is 8.37. The van der Waals surface area contributed by atoms with Crippen LogP contribution >= 0.6 is 0 Å². The van der Waals surface area contributed by atoms with Crippen LogP contribution in [0.1, 0.15) is 0 Å². The molecule has 3 aromatic heterocycles. The fourth-order valence-electron chi connectivity index (χ4n) is 7.16. The van der Waals surface area contributed by atoms with E-state index in [4.69, 9.17) is 4.42 Å². The van der Waals surface area contributed by atoms with E-state index in [9.17, 15) is 0 Å². The van der Waals surface area contributed by atoms with E-state index in [0.717, 1.165) is 33.1 Å². The Morgan fingerprint density at radius 2 is 0.884 bits per heavy atom. The summed E-state index contributed by atoms with van der Waals surface area (Å²) in [7, 11) is 0. The van der Waals surface area contributed by atoms with Crippen LogP contribution in [-0.2, 0) is 0 Å². The molecule has 0 spiro atoms. The lowest BCUT2D eigenvalue weighted by atomic mass is 10.0. The fourth-order valence-corrected chi connectivity index (χ4v) is 7.16. The summed E-state index contributed by atoms with van der Waals surface area (Å²) in [6, 6.07) is 52.4. The average molecular weight is 549 g/mol. The van der Waals surface area contributed by atoms with Gasteiger partial charge >= 0.3 is 0 Å². The molecule has 10 aromatic rings. The van der Waals surface area contributed by atoms with Crippen molar-refractivity contribution < 1.29 is 4.42 Å². The Morgan fingerprint density at radius 1 is 0.326 bits per heavy atom. The number of nitrogens with zero attached hydrogens (tertiary/aromatic N) is 2. The first-order chi connectivity index (χ1) is 21.3. The van der Waals surface area contributed by atoms with E-state index in [1.165, 1.54) is 54.6 Å². The Balaban J connectivity index is 1.28. The number of aromatic nitrogens is 2. The Morgan fingerprint density at radius 3 is 1.65 bits per heavy atom. The summed E-state index contributed by atoms with van der Waals surface area (Å²) >= 11 is 0. The van der Waals surface area contributed by atoms with Crippen molar-refractivity contribution in [2.45, 2.75) is 0 Å². The molecule has 0 bridgehead atoms. The minimum absolute atomic E-state index is 0.906. The van der Waals surface area contributed by atoms with E-state index in [0.29, 0.717) is 0 Å². The van der Waals surface area contributed by atoms with Crippen molar-refractivity contribution in [2.75, 3.05) is 0 Å². The Kier molecular flexibility index (Phi) is 4.45. The SMILES string of the molecule is c1ccc(-n2c3ccccc3c3cc(-n4c5ccccc5c5cc6c(cc54)oc4cc5ccccc5cc46)ccc32)cc1. The third-order valence-electron chi connectivity index (χ3n) is 9.06. The molecule has 0 saturated heterocycles. The first-order valence-electron chi connectivity index (χ1n) is 14.7. The van der Waals surface area contributed by atoms with Crippen LogP contribution in [0.2, 0.25) is 0 Å². The van der Waals surface area contributed by atoms with Gasteiger partial charge in [0.1, 0.15) is 11.2 Å². The highest BCUT2D eigenvalue weighted by Crippen LogP contribution is 2.40. The normalized spacial score (nSPS) is 12.2. The summed E-state index contributed by atoms with van der Waals surface area (Å²) in [5.41, 5.74) is 8.86. The zero-order valence-corrected chi connectivity index (χ0v) is 23.2. The van der Waals surface area contributed by atoms with Gasteiger partial charge in [0, 0.05) is 49.8 Å². The van der Waals surface area contributed by atoms with Crippen LogP contribution in [0.3, 0.4) is 0 Å². The summed E-state index contributed by atoms with van der Waals surface area (Å²) in [6.45, 7) is 0. The number of hydrogen-bond donors (Lipinski definition) is 0. The number of hydrogen-bond acceptors (Lipinski definition) is 1. The van der Waals surface area contributed by atoms with E-state index in [-0.39, 0.29) is 0 Å². The molecule has 200 valence electrons. The van der Waals surface area contributed by atoms with Gasteiger partial charge in [-0.25, -0.2) is 0 Å². The summed E-state index contributed by atoms with van der Waals surface area (Å²) in [4.78, 5) is 0. The zero-order valence-electron chi connectivity index (χ0n) is 23.2. The Hall–Kier alpha value is -5.80. The lowest BCUT2D eigenvalue weighted by Gasteiger charge is -2.10. The fraction of sp³-hybridized carbons (Fsp3) is 0. The molecule has 0 atom stereocenters. The minimum atomic E-state index is 0.906. The number of benzene rings is 7. The van der Waals surface area contributed by atoms with Crippen LogP contribution in [0.4, 0.5) is 0 Å². The molecule has 0 fully saturated rings. The third-order valence-corrected chi connectivity index (χ3v) is 9.06. The van der Waals surface area contributed by atoms with Crippen molar-refractivity contribution in [3.8, 4) is 11.4 Å². The van der Waals surface area contributed by atoms with Gasteiger partial charge in [-0.2, -0.15) is 0 Å². The molecule has 7 aromatic carbocycles. The molecule has 3 heteroatoms. The highest BCUT2D eigenvalue weighted by molar-refractivity contribution is 6.19. The minimum Gasteiger partial charge on any atom is -0.456 e. The molecule has 3 nitrogen and oxygen atoms in total. The zero-order chi connectivity index (χ0) is 28.1. The van der Waals surface area contributed by atoms with E-state index in [1.807, 2.05) is 0 Å².